The molecule has 1 saturated heterocycles. The van der Waals surface area contributed by atoms with Crippen LogP contribution in [0, 0.1) is 23.7 Å². The zero-order chi connectivity index (χ0) is 28.9. The molecule has 1 aromatic carbocycles. The SMILES string of the molecule is COC(=O)c1ccc(C(CC(=O)N[C@@H](C(=O)[C@@H]2C(=O)NC(=O)[C@@H]2C)C(C)C)NC(=O)c2ccc(F)nc2)cc1. The first-order valence-electron chi connectivity index (χ1n) is 12.2. The molecule has 3 rings (SSSR count). The first kappa shape index (κ1) is 29.1. The van der Waals surface area contributed by atoms with Gasteiger partial charge in [0.25, 0.3) is 5.91 Å². The molecule has 1 aromatic heterocycles. The molecule has 4 atom stereocenters. The van der Waals surface area contributed by atoms with Gasteiger partial charge in [-0.15, -0.1) is 0 Å². The van der Waals surface area contributed by atoms with E-state index in [0.29, 0.717) is 5.56 Å². The van der Waals surface area contributed by atoms with Gasteiger partial charge >= 0.3 is 5.97 Å². The van der Waals surface area contributed by atoms with Gasteiger partial charge in [0, 0.05) is 6.20 Å². The van der Waals surface area contributed by atoms with Crippen molar-refractivity contribution in [2.75, 3.05) is 7.11 Å². The monoisotopic (exact) mass is 540 g/mol. The van der Waals surface area contributed by atoms with Crippen LogP contribution in [0.4, 0.5) is 4.39 Å². The molecule has 12 heteroatoms. The predicted molar refractivity (Wildman–Crippen MR) is 134 cm³/mol. The quantitative estimate of drug-likeness (QED) is 0.177. The topological polar surface area (TPSA) is 161 Å². The Balaban J connectivity index is 1.83. The maximum absolute atomic E-state index is 13.2. The number of rotatable bonds is 10. The van der Waals surface area contributed by atoms with Gasteiger partial charge in [-0.1, -0.05) is 32.9 Å². The Morgan fingerprint density at radius 3 is 2.15 bits per heavy atom. The summed E-state index contributed by atoms with van der Waals surface area (Å²) in [4.78, 5) is 78.5. The van der Waals surface area contributed by atoms with Gasteiger partial charge in [0.05, 0.1) is 42.7 Å². The summed E-state index contributed by atoms with van der Waals surface area (Å²) >= 11 is 0. The van der Waals surface area contributed by atoms with Gasteiger partial charge < -0.3 is 15.4 Å². The Morgan fingerprint density at radius 1 is 1.00 bits per heavy atom. The molecule has 0 bridgehead atoms. The highest BCUT2D eigenvalue weighted by atomic mass is 19.1. The Kier molecular flexibility index (Phi) is 9.23. The molecule has 4 amide bonds. The number of hydrogen-bond acceptors (Lipinski definition) is 8. The van der Waals surface area contributed by atoms with Crippen molar-refractivity contribution in [3.63, 3.8) is 0 Å². The van der Waals surface area contributed by atoms with E-state index in [1.165, 1.54) is 44.4 Å². The molecule has 0 aliphatic carbocycles. The van der Waals surface area contributed by atoms with Crippen LogP contribution in [0.3, 0.4) is 0 Å². The van der Waals surface area contributed by atoms with Crippen molar-refractivity contribution in [3.05, 3.63) is 65.2 Å². The van der Waals surface area contributed by atoms with E-state index in [-0.39, 0.29) is 17.5 Å². The van der Waals surface area contributed by atoms with Crippen LogP contribution in [-0.4, -0.2) is 53.5 Å². The van der Waals surface area contributed by atoms with Gasteiger partial charge in [0.1, 0.15) is 5.92 Å². The molecule has 2 aromatic rings. The third-order valence-electron chi connectivity index (χ3n) is 6.46. The normalized spacial score (nSPS) is 18.2. The molecule has 2 heterocycles. The molecular formula is C27H29FN4O7. The standard InChI is InChI=1S/C27H29FN4O7/c1-13(2)22(23(34)21-14(3)24(35)32-26(21)37)31-20(33)11-18(15-5-7-16(8-6-15)27(38)39-4)30-25(36)17-9-10-19(28)29-12-17/h5-10,12-14,18,21-22H,11H2,1-4H3,(H,30,36)(H,31,33)(H,32,35,37)/t14-,18?,21-,22-/m1/s1. The molecule has 3 N–H and O–H groups in total. The van der Waals surface area contributed by atoms with Gasteiger partial charge in [0.15, 0.2) is 5.78 Å². The number of carbonyl (C=O) groups excluding carboxylic acids is 6. The largest absolute Gasteiger partial charge is 0.465 e. The lowest BCUT2D eigenvalue weighted by atomic mass is 9.85. The highest BCUT2D eigenvalue weighted by Crippen LogP contribution is 2.24. The number of nitrogens with one attached hydrogen (secondary N) is 3. The van der Waals surface area contributed by atoms with E-state index in [0.717, 1.165) is 12.3 Å². The molecule has 1 aliphatic rings. The summed E-state index contributed by atoms with van der Waals surface area (Å²) in [7, 11) is 1.23. The van der Waals surface area contributed by atoms with Crippen LogP contribution in [0.2, 0.25) is 0 Å². The van der Waals surface area contributed by atoms with Crippen molar-refractivity contribution in [1.29, 1.82) is 0 Å². The molecule has 206 valence electrons. The van der Waals surface area contributed by atoms with Gasteiger partial charge in [-0.3, -0.25) is 29.3 Å². The van der Waals surface area contributed by atoms with Crippen LogP contribution in [0.5, 0.6) is 0 Å². The average molecular weight is 541 g/mol. The number of pyridine rings is 1. The number of methoxy groups -OCH3 is 1. The first-order chi connectivity index (χ1) is 18.4. The van der Waals surface area contributed by atoms with Crippen molar-refractivity contribution in [2.45, 2.75) is 39.3 Å². The highest BCUT2D eigenvalue weighted by molar-refractivity contribution is 6.16. The molecule has 1 unspecified atom stereocenters. The molecule has 1 fully saturated rings. The third kappa shape index (κ3) is 6.89. The van der Waals surface area contributed by atoms with E-state index < -0.39 is 71.2 Å². The van der Waals surface area contributed by atoms with Crippen LogP contribution in [0.15, 0.2) is 42.6 Å². The molecule has 39 heavy (non-hydrogen) atoms. The summed E-state index contributed by atoms with van der Waals surface area (Å²) in [5.41, 5.74) is 0.764. The van der Waals surface area contributed by atoms with Crippen molar-refractivity contribution in [2.24, 2.45) is 17.8 Å². The highest BCUT2D eigenvalue weighted by Gasteiger charge is 2.46. The summed E-state index contributed by atoms with van der Waals surface area (Å²) in [5.74, 6) is -6.93. The minimum absolute atomic E-state index is 0.0501. The van der Waals surface area contributed by atoms with Crippen LogP contribution in [-0.2, 0) is 23.9 Å². The van der Waals surface area contributed by atoms with Gasteiger partial charge in [-0.05, 0) is 35.7 Å². The Labute approximate surface area is 223 Å². The van der Waals surface area contributed by atoms with E-state index in [1.54, 1.807) is 13.8 Å². The number of carbonyl (C=O) groups is 6. The van der Waals surface area contributed by atoms with Crippen LogP contribution in [0.25, 0.3) is 0 Å². The van der Waals surface area contributed by atoms with E-state index >= 15 is 0 Å². The number of ketones is 1. The van der Waals surface area contributed by atoms with Crippen LogP contribution < -0.4 is 16.0 Å². The number of esters is 1. The van der Waals surface area contributed by atoms with Crippen molar-refractivity contribution in [1.82, 2.24) is 20.9 Å². The summed E-state index contributed by atoms with van der Waals surface area (Å²) in [6, 6.07) is 6.27. The molecular weight excluding hydrogens is 511 g/mol. The lowest BCUT2D eigenvalue weighted by Gasteiger charge is -2.26. The number of amides is 4. The maximum atomic E-state index is 13.2. The summed E-state index contributed by atoms with van der Waals surface area (Å²) in [5, 5.41) is 7.47. The molecule has 1 aliphatic heterocycles. The smallest absolute Gasteiger partial charge is 0.337 e. The lowest BCUT2D eigenvalue weighted by Crippen LogP contribution is -2.49. The van der Waals surface area contributed by atoms with Crippen LogP contribution in [0.1, 0.15) is 59.5 Å². The fourth-order valence-corrected chi connectivity index (χ4v) is 4.22. The Bertz CT molecular complexity index is 1280. The van der Waals surface area contributed by atoms with Crippen molar-refractivity contribution < 1.29 is 37.9 Å². The minimum atomic E-state index is -1.22. The summed E-state index contributed by atoms with van der Waals surface area (Å²) < 4.78 is 17.9. The van der Waals surface area contributed by atoms with E-state index in [2.05, 4.69) is 20.9 Å². The maximum Gasteiger partial charge on any atom is 0.337 e. The third-order valence-corrected chi connectivity index (χ3v) is 6.46. The predicted octanol–water partition coefficient (Wildman–Crippen LogP) is 1.49. The second-order valence-electron chi connectivity index (χ2n) is 9.52. The van der Waals surface area contributed by atoms with Crippen molar-refractivity contribution >= 4 is 35.4 Å². The van der Waals surface area contributed by atoms with Crippen LogP contribution >= 0.6 is 0 Å². The second kappa shape index (κ2) is 12.4. The van der Waals surface area contributed by atoms with Gasteiger partial charge in [-0.25, -0.2) is 9.78 Å². The first-order valence-corrected chi connectivity index (χ1v) is 12.2. The average Bonchev–Trinajstić information content (AvgIpc) is 3.16. The number of nitrogens with zero attached hydrogens (tertiary/aromatic N) is 1. The molecule has 11 nitrogen and oxygen atoms in total. The zero-order valence-electron chi connectivity index (χ0n) is 21.8. The molecule has 0 spiro atoms. The Morgan fingerprint density at radius 2 is 1.64 bits per heavy atom. The minimum Gasteiger partial charge on any atom is -0.465 e. The number of ether oxygens (including phenoxy) is 1. The number of halogens is 1. The summed E-state index contributed by atoms with van der Waals surface area (Å²) in [6.45, 7) is 4.85. The summed E-state index contributed by atoms with van der Waals surface area (Å²) in [6.07, 6.45) is 0.727. The van der Waals surface area contributed by atoms with E-state index in [4.69, 9.17) is 4.74 Å². The van der Waals surface area contributed by atoms with Crippen molar-refractivity contribution in [3.8, 4) is 0 Å². The number of imide groups is 1. The van der Waals surface area contributed by atoms with E-state index in [1.807, 2.05) is 0 Å². The molecule has 0 radical (unpaired) electrons. The molecule has 0 saturated carbocycles. The number of hydrogen-bond donors (Lipinski definition) is 3. The second-order valence-corrected chi connectivity index (χ2v) is 9.52. The fraction of sp³-hybridized carbons (Fsp3) is 0.370. The number of benzene rings is 1. The lowest BCUT2D eigenvalue weighted by molar-refractivity contribution is -0.137. The van der Waals surface area contributed by atoms with Gasteiger partial charge in [0.2, 0.25) is 23.7 Å². The zero-order valence-corrected chi connectivity index (χ0v) is 21.8. The number of aromatic nitrogens is 1. The Hall–Kier alpha value is -4.48. The fourth-order valence-electron chi connectivity index (χ4n) is 4.22. The van der Waals surface area contributed by atoms with E-state index in [9.17, 15) is 33.2 Å². The number of Topliss-reactive ketones (excluding diaryl/α,β-unsaturated/α-hetero) is 1. The van der Waals surface area contributed by atoms with Gasteiger partial charge in [-0.2, -0.15) is 4.39 Å².